The Morgan fingerprint density at radius 1 is 1.15 bits per heavy atom. The number of ether oxygens (including phenoxy) is 1. The van der Waals surface area contributed by atoms with Crippen molar-refractivity contribution in [1.82, 2.24) is 20.2 Å². The Morgan fingerprint density at radius 2 is 2.00 bits per heavy atom. The van der Waals surface area contributed by atoms with Crippen LogP contribution >= 0.6 is 11.3 Å². The van der Waals surface area contributed by atoms with E-state index >= 15 is 0 Å². The van der Waals surface area contributed by atoms with Crippen LogP contribution in [0.2, 0.25) is 0 Å². The van der Waals surface area contributed by atoms with Crippen LogP contribution in [0, 0.1) is 6.92 Å². The van der Waals surface area contributed by atoms with Gasteiger partial charge in [0.1, 0.15) is 5.01 Å². The minimum absolute atomic E-state index is 0.0299. The van der Waals surface area contributed by atoms with Crippen LogP contribution in [0.1, 0.15) is 35.5 Å². The fraction of sp³-hybridized carbons (Fsp3) is 0.667. The summed E-state index contributed by atoms with van der Waals surface area (Å²) in [5, 5.41) is 10.5. The van der Waals surface area contributed by atoms with Crippen LogP contribution in [0.4, 0.5) is 11.1 Å². The van der Waals surface area contributed by atoms with Crippen LogP contribution in [-0.4, -0.2) is 59.6 Å². The van der Waals surface area contributed by atoms with E-state index in [0.717, 1.165) is 73.3 Å². The molecule has 1 N–H and O–H groups in total. The monoisotopic (exact) mass is 388 g/mol. The summed E-state index contributed by atoms with van der Waals surface area (Å²) >= 11 is 1.64. The van der Waals surface area contributed by atoms with E-state index in [9.17, 15) is 4.79 Å². The van der Waals surface area contributed by atoms with Crippen LogP contribution < -0.4 is 15.4 Å². The van der Waals surface area contributed by atoms with E-state index in [0.29, 0.717) is 19.2 Å². The summed E-state index contributed by atoms with van der Waals surface area (Å²) < 4.78 is 5.44. The standard InChI is InChI=1S/C18H24N6O2S/c1-12-21-22-17(27-12)24-6-2-4-18(11-24)5-3-13-14(18)19-16(20-15(13)25)23-7-9-26-10-8-23/h2-11H2,1H3,(H,19,20,25). The molecular weight excluding hydrogens is 364 g/mol. The van der Waals surface area contributed by atoms with Gasteiger partial charge in [-0.1, -0.05) is 11.3 Å². The Morgan fingerprint density at radius 3 is 2.78 bits per heavy atom. The van der Waals surface area contributed by atoms with E-state index in [1.54, 1.807) is 11.3 Å². The molecule has 1 aliphatic carbocycles. The summed E-state index contributed by atoms with van der Waals surface area (Å²) in [6.45, 7) is 6.74. The highest BCUT2D eigenvalue weighted by molar-refractivity contribution is 7.15. The molecule has 2 fully saturated rings. The summed E-state index contributed by atoms with van der Waals surface area (Å²) in [6.07, 6.45) is 3.95. The molecule has 0 bridgehead atoms. The molecule has 144 valence electrons. The van der Waals surface area contributed by atoms with Gasteiger partial charge in [-0.25, -0.2) is 4.98 Å². The minimum atomic E-state index is -0.0531. The molecule has 0 aromatic carbocycles. The van der Waals surface area contributed by atoms with Crippen LogP contribution in [0.15, 0.2) is 4.79 Å². The first-order chi connectivity index (χ1) is 13.1. The van der Waals surface area contributed by atoms with Crippen molar-refractivity contribution in [3.05, 3.63) is 26.6 Å². The first-order valence-electron chi connectivity index (χ1n) is 9.66. The number of aromatic nitrogens is 4. The molecule has 0 amide bonds. The van der Waals surface area contributed by atoms with Crippen molar-refractivity contribution in [3.63, 3.8) is 0 Å². The summed E-state index contributed by atoms with van der Waals surface area (Å²) in [7, 11) is 0. The number of hydrogen-bond donors (Lipinski definition) is 1. The van der Waals surface area contributed by atoms with E-state index in [1.165, 1.54) is 0 Å². The fourth-order valence-electron chi connectivity index (χ4n) is 4.67. The van der Waals surface area contributed by atoms with Gasteiger partial charge in [-0.2, -0.15) is 0 Å². The third-order valence-electron chi connectivity index (χ3n) is 6.03. The van der Waals surface area contributed by atoms with Gasteiger partial charge in [0.15, 0.2) is 0 Å². The third-order valence-corrected chi connectivity index (χ3v) is 6.93. The Bertz CT molecular complexity index is 905. The molecule has 0 radical (unpaired) electrons. The largest absolute Gasteiger partial charge is 0.378 e. The number of H-pyrrole nitrogens is 1. The second kappa shape index (κ2) is 6.56. The van der Waals surface area contributed by atoms with Crippen molar-refractivity contribution in [2.24, 2.45) is 0 Å². The molecule has 9 heteroatoms. The summed E-state index contributed by atoms with van der Waals surface area (Å²) in [4.78, 5) is 25.3. The normalized spacial score (nSPS) is 25.2. The van der Waals surface area contributed by atoms with Crippen molar-refractivity contribution in [2.45, 2.75) is 38.0 Å². The van der Waals surface area contributed by atoms with E-state index in [-0.39, 0.29) is 11.0 Å². The first kappa shape index (κ1) is 17.1. The van der Waals surface area contributed by atoms with Gasteiger partial charge in [0.2, 0.25) is 11.1 Å². The lowest BCUT2D eigenvalue weighted by molar-refractivity contribution is 0.122. The van der Waals surface area contributed by atoms with Crippen molar-refractivity contribution >= 4 is 22.4 Å². The van der Waals surface area contributed by atoms with Gasteiger partial charge in [0, 0.05) is 37.2 Å². The number of hydrogen-bond acceptors (Lipinski definition) is 8. The van der Waals surface area contributed by atoms with Gasteiger partial charge >= 0.3 is 0 Å². The van der Waals surface area contributed by atoms with Gasteiger partial charge < -0.3 is 14.5 Å². The molecule has 5 rings (SSSR count). The van der Waals surface area contributed by atoms with Crippen LogP contribution in [0.5, 0.6) is 0 Å². The van der Waals surface area contributed by atoms with Gasteiger partial charge in [-0.05, 0) is 32.6 Å². The number of anilines is 2. The summed E-state index contributed by atoms with van der Waals surface area (Å²) in [5.41, 5.74) is 1.87. The molecule has 8 nitrogen and oxygen atoms in total. The van der Waals surface area contributed by atoms with Crippen LogP contribution in [0.25, 0.3) is 0 Å². The zero-order valence-corrected chi connectivity index (χ0v) is 16.3. The summed E-state index contributed by atoms with van der Waals surface area (Å²) in [6, 6.07) is 0. The molecular formula is C18H24N6O2S. The number of aryl methyl sites for hydroxylation is 1. The molecule has 4 heterocycles. The number of piperidine rings is 1. The van der Waals surface area contributed by atoms with E-state index in [1.807, 2.05) is 6.92 Å². The number of nitrogens with one attached hydrogen (secondary N) is 1. The topological polar surface area (TPSA) is 87.2 Å². The number of nitrogens with zero attached hydrogens (tertiary/aromatic N) is 5. The molecule has 27 heavy (non-hydrogen) atoms. The van der Waals surface area contributed by atoms with E-state index in [2.05, 4.69) is 25.0 Å². The Labute approximate surface area is 161 Å². The zero-order valence-electron chi connectivity index (χ0n) is 15.5. The molecule has 2 aromatic rings. The van der Waals surface area contributed by atoms with Crippen LogP contribution in [-0.2, 0) is 16.6 Å². The second-order valence-corrected chi connectivity index (χ2v) is 8.89. The third kappa shape index (κ3) is 2.93. The average Bonchev–Trinajstić information content (AvgIpc) is 3.28. The summed E-state index contributed by atoms with van der Waals surface area (Å²) in [5.74, 6) is 0.701. The predicted molar refractivity (Wildman–Crippen MR) is 104 cm³/mol. The number of aromatic amines is 1. The minimum Gasteiger partial charge on any atom is -0.378 e. The molecule has 0 saturated carbocycles. The molecule has 2 aliphatic heterocycles. The first-order valence-corrected chi connectivity index (χ1v) is 10.5. The average molecular weight is 388 g/mol. The Kier molecular flexibility index (Phi) is 4.16. The van der Waals surface area contributed by atoms with Gasteiger partial charge in [0.25, 0.3) is 5.56 Å². The molecule has 1 unspecified atom stereocenters. The predicted octanol–water partition coefficient (Wildman–Crippen LogP) is 1.25. The fourth-order valence-corrected chi connectivity index (χ4v) is 5.38. The highest BCUT2D eigenvalue weighted by Gasteiger charge is 2.45. The lowest BCUT2D eigenvalue weighted by Gasteiger charge is -2.40. The lowest BCUT2D eigenvalue weighted by atomic mass is 9.77. The van der Waals surface area contributed by atoms with Crippen molar-refractivity contribution in [1.29, 1.82) is 0 Å². The Hall–Kier alpha value is -2.00. The number of fused-ring (bicyclic) bond motifs is 2. The number of rotatable bonds is 2. The highest BCUT2D eigenvalue weighted by Crippen LogP contribution is 2.44. The van der Waals surface area contributed by atoms with Gasteiger partial charge in [-0.15, -0.1) is 10.2 Å². The van der Waals surface area contributed by atoms with E-state index in [4.69, 9.17) is 9.72 Å². The molecule has 1 spiro atoms. The Balaban J connectivity index is 1.50. The second-order valence-electron chi connectivity index (χ2n) is 7.73. The van der Waals surface area contributed by atoms with Gasteiger partial charge in [0.05, 0.1) is 18.9 Å². The molecule has 1 atom stereocenters. The lowest BCUT2D eigenvalue weighted by Crippen LogP contribution is -2.46. The van der Waals surface area contributed by atoms with E-state index < -0.39 is 0 Å². The smallest absolute Gasteiger partial charge is 0.255 e. The number of morpholine rings is 1. The van der Waals surface area contributed by atoms with Crippen LogP contribution in [0.3, 0.4) is 0 Å². The highest BCUT2D eigenvalue weighted by atomic mass is 32.1. The maximum Gasteiger partial charge on any atom is 0.255 e. The quantitative estimate of drug-likeness (QED) is 0.828. The SMILES string of the molecule is Cc1nnc(N2CCCC3(CCc4c3nc(N3CCOCC3)[nH]c4=O)C2)s1. The van der Waals surface area contributed by atoms with Gasteiger partial charge in [-0.3, -0.25) is 9.78 Å². The molecule has 3 aliphatic rings. The van der Waals surface area contributed by atoms with Crippen molar-refractivity contribution in [2.75, 3.05) is 49.2 Å². The molecule has 2 aromatic heterocycles. The maximum atomic E-state index is 12.8. The molecule has 2 saturated heterocycles. The van der Waals surface area contributed by atoms with Crippen molar-refractivity contribution < 1.29 is 4.74 Å². The maximum absolute atomic E-state index is 12.8. The van der Waals surface area contributed by atoms with Crippen molar-refractivity contribution in [3.8, 4) is 0 Å². The zero-order chi connectivity index (χ0) is 18.4.